The molecule has 0 amide bonds. The van der Waals surface area contributed by atoms with Gasteiger partial charge in [0.05, 0.1) is 4.92 Å². The summed E-state index contributed by atoms with van der Waals surface area (Å²) in [6.07, 6.45) is 0.305. The highest BCUT2D eigenvalue weighted by atomic mass is 32.1. The van der Waals surface area contributed by atoms with Gasteiger partial charge in [0.2, 0.25) is 0 Å². The Bertz CT molecular complexity index is 350. The lowest BCUT2D eigenvalue weighted by atomic mass is 10.4. The fourth-order valence-electron chi connectivity index (χ4n) is 0.820. The maximum absolute atomic E-state index is 10.3. The van der Waals surface area contributed by atoms with Crippen LogP contribution >= 0.6 is 11.3 Å². The molecular formula is C6H6N2O5S. The van der Waals surface area contributed by atoms with Crippen molar-refractivity contribution in [3.63, 3.8) is 0 Å². The van der Waals surface area contributed by atoms with Crippen LogP contribution in [0, 0.1) is 20.2 Å². The molecule has 0 radical (unpaired) electrons. The van der Waals surface area contributed by atoms with Crippen LogP contribution in [-0.4, -0.2) is 16.6 Å². The zero-order chi connectivity index (χ0) is 10.6. The molecule has 1 aromatic heterocycles. The van der Waals surface area contributed by atoms with E-state index in [1.54, 1.807) is 6.07 Å². The molecule has 0 saturated heterocycles. The molecule has 1 heterocycles. The lowest BCUT2D eigenvalue weighted by Gasteiger charge is -1.94. The van der Waals surface area contributed by atoms with Crippen molar-refractivity contribution in [1.82, 2.24) is 0 Å². The van der Waals surface area contributed by atoms with Crippen molar-refractivity contribution in [2.75, 3.05) is 6.61 Å². The molecule has 0 aliphatic heterocycles. The van der Waals surface area contributed by atoms with Crippen molar-refractivity contribution in [2.45, 2.75) is 6.42 Å². The van der Waals surface area contributed by atoms with Crippen molar-refractivity contribution in [1.29, 1.82) is 0 Å². The van der Waals surface area contributed by atoms with E-state index in [-0.39, 0.29) is 11.6 Å². The number of rotatable bonds is 5. The minimum atomic E-state index is -0.887. The molecular weight excluding hydrogens is 212 g/mol. The Morgan fingerprint density at radius 3 is 2.57 bits per heavy atom. The second-order valence-electron chi connectivity index (χ2n) is 2.30. The van der Waals surface area contributed by atoms with Crippen LogP contribution in [0.2, 0.25) is 0 Å². The predicted octanol–water partition coefficient (Wildman–Crippen LogP) is 1.41. The molecule has 7 nitrogen and oxygen atoms in total. The zero-order valence-corrected chi connectivity index (χ0v) is 7.73. The van der Waals surface area contributed by atoms with Gasteiger partial charge in [-0.3, -0.25) is 10.1 Å². The third kappa shape index (κ3) is 2.98. The summed E-state index contributed by atoms with van der Waals surface area (Å²) < 4.78 is 0. The molecule has 76 valence electrons. The summed E-state index contributed by atoms with van der Waals surface area (Å²) in [6.45, 7) is -0.0787. The third-order valence-electron chi connectivity index (χ3n) is 1.37. The SMILES string of the molecule is O=[N+]([O-])OCCc1ccc([N+](=O)[O-])s1. The number of hydrogen-bond acceptors (Lipinski definition) is 6. The second kappa shape index (κ2) is 4.51. The predicted molar refractivity (Wildman–Crippen MR) is 47.6 cm³/mol. The first-order valence-corrected chi connectivity index (χ1v) is 4.41. The summed E-state index contributed by atoms with van der Waals surface area (Å²) >= 11 is 0.991. The Morgan fingerprint density at radius 1 is 1.36 bits per heavy atom. The minimum absolute atomic E-state index is 0.0288. The summed E-state index contributed by atoms with van der Waals surface area (Å²) in [7, 11) is 0. The molecule has 0 aliphatic rings. The van der Waals surface area contributed by atoms with E-state index >= 15 is 0 Å². The number of nitrogens with zero attached hydrogens (tertiary/aromatic N) is 2. The van der Waals surface area contributed by atoms with Crippen LogP contribution in [-0.2, 0) is 11.3 Å². The molecule has 0 atom stereocenters. The van der Waals surface area contributed by atoms with Gasteiger partial charge < -0.3 is 4.84 Å². The minimum Gasteiger partial charge on any atom is -0.314 e. The number of thiophene rings is 1. The largest absolute Gasteiger partial charge is 0.324 e. The molecule has 0 aromatic carbocycles. The Balaban J connectivity index is 2.44. The van der Waals surface area contributed by atoms with Gasteiger partial charge in [-0.25, -0.2) is 0 Å². The van der Waals surface area contributed by atoms with E-state index in [1.807, 2.05) is 0 Å². The fraction of sp³-hybridized carbons (Fsp3) is 0.333. The standard InChI is InChI=1S/C6H6N2O5S/c9-7(10)6-2-1-5(14-6)3-4-13-8(11)12/h1-2H,3-4H2. The van der Waals surface area contributed by atoms with Crippen molar-refractivity contribution in [2.24, 2.45) is 0 Å². The Hall–Kier alpha value is -1.70. The topological polar surface area (TPSA) is 95.5 Å². The van der Waals surface area contributed by atoms with E-state index in [2.05, 4.69) is 4.84 Å². The van der Waals surface area contributed by atoms with Gasteiger partial charge in [0.15, 0.2) is 0 Å². The van der Waals surface area contributed by atoms with Gasteiger partial charge in [0.1, 0.15) is 6.61 Å². The van der Waals surface area contributed by atoms with Crippen molar-refractivity contribution in [3.05, 3.63) is 37.2 Å². The van der Waals surface area contributed by atoms with E-state index in [4.69, 9.17) is 0 Å². The molecule has 0 bridgehead atoms. The first-order chi connectivity index (χ1) is 6.59. The lowest BCUT2D eigenvalue weighted by molar-refractivity contribution is -0.757. The summed E-state index contributed by atoms with van der Waals surface area (Å²) in [5.41, 5.74) is 0. The summed E-state index contributed by atoms with van der Waals surface area (Å²) in [4.78, 5) is 24.3. The van der Waals surface area contributed by atoms with Crippen LogP contribution in [0.15, 0.2) is 12.1 Å². The van der Waals surface area contributed by atoms with Gasteiger partial charge in [-0.2, -0.15) is 0 Å². The highest BCUT2D eigenvalue weighted by Crippen LogP contribution is 2.24. The van der Waals surface area contributed by atoms with E-state index in [0.717, 1.165) is 11.3 Å². The molecule has 0 N–H and O–H groups in total. The molecule has 0 unspecified atom stereocenters. The molecule has 0 aliphatic carbocycles. The maximum Gasteiger partial charge on any atom is 0.324 e. The molecule has 1 rings (SSSR count). The first-order valence-electron chi connectivity index (χ1n) is 3.60. The Morgan fingerprint density at radius 2 is 2.07 bits per heavy atom. The smallest absolute Gasteiger partial charge is 0.314 e. The van der Waals surface area contributed by atoms with Gasteiger partial charge in [-0.1, -0.05) is 11.3 Å². The van der Waals surface area contributed by atoms with Crippen LogP contribution < -0.4 is 0 Å². The van der Waals surface area contributed by atoms with Gasteiger partial charge in [-0.05, 0) is 6.07 Å². The number of nitro groups is 1. The summed E-state index contributed by atoms with van der Waals surface area (Å²) in [5.74, 6) is 0. The van der Waals surface area contributed by atoms with Gasteiger partial charge in [-0.15, -0.1) is 10.1 Å². The van der Waals surface area contributed by atoms with Gasteiger partial charge >= 0.3 is 5.00 Å². The first kappa shape index (κ1) is 10.4. The number of hydrogen-bond donors (Lipinski definition) is 0. The van der Waals surface area contributed by atoms with E-state index < -0.39 is 10.0 Å². The molecule has 0 saturated carbocycles. The Labute approximate surface area is 82.2 Å². The van der Waals surface area contributed by atoms with E-state index in [0.29, 0.717) is 11.3 Å². The van der Waals surface area contributed by atoms with E-state index in [1.165, 1.54) is 6.07 Å². The lowest BCUT2D eigenvalue weighted by Crippen LogP contribution is -2.03. The van der Waals surface area contributed by atoms with Crippen LogP contribution in [0.25, 0.3) is 0 Å². The van der Waals surface area contributed by atoms with E-state index in [9.17, 15) is 20.2 Å². The normalized spacial score (nSPS) is 9.71. The van der Waals surface area contributed by atoms with Crippen molar-refractivity contribution < 1.29 is 14.8 Å². The second-order valence-corrected chi connectivity index (χ2v) is 3.45. The van der Waals surface area contributed by atoms with Crippen LogP contribution in [0.1, 0.15) is 4.88 Å². The molecule has 1 aromatic rings. The maximum atomic E-state index is 10.3. The van der Waals surface area contributed by atoms with Gasteiger partial charge in [0, 0.05) is 17.4 Å². The molecule has 0 fully saturated rings. The van der Waals surface area contributed by atoms with Crippen molar-refractivity contribution in [3.8, 4) is 0 Å². The highest BCUT2D eigenvalue weighted by Gasteiger charge is 2.09. The average Bonchev–Trinajstić information content (AvgIpc) is 2.52. The summed E-state index contributed by atoms with van der Waals surface area (Å²) in [6, 6.07) is 2.93. The van der Waals surface area contributed by atoms with Gasteiger partial charge in [0.25, 0.3) is 5.09 Å². The van der Waals surface area contributed by atoms with Crippen LogP contribution in [0.4, 0.5) is 5.00 Å². The van der Waals surface area contributed by atoms with Crippen LogP contribution in [0.3, 0.4) is 0 Å². The summed E-state index contributed by atoms with van der Waals surface area (Å²) in [5, 5.41) is 19.2. The Kier molecular flexibility index (Phi) is 3.35. The average molecular weight is 218 g/mol. The monoisotopic (exact) mass is 218 g/mol. The molecule has 8 heteroatoms. The van der Waals surface area contributed by atoms with Crippen LogP contribution in [0.5, 0.6) is 0 Å². The molecule has 0 spiro atoms. The quantitative estimate of drug-likeness (QED) is 0.549. The third-order valence-corrected chi connectivity index (χ3v) is 2.47. The van der Waals surface area contributed by atoms with Crippen molar-refractivity contribution >= 4 is 16.3 Å². The zero-order valence-electron chi connectivity index (χ0n) is 6.91. The highest BCUT2D eigenvalue weighted by molar-refractivity contribution is 7.15. The molecule has 14 heavy (non-hydrogen) atoms. The fourth-order valence-corrected chi connectivity index (χ4v) is 1.62.